The van der Waals surface area contributed by atoms with Gasteiger partial charge in [0.2, 0.25) is 0 Å². The summed E-state index contributed by atoms with van der Waals surface area (Å²) >= 11 is 0. The first-order chi connectivity index (χ1) is 8.95. The highest BCUT2D eigenvalue weighted by Crippen LogP contribution is 2.22. The molecule has 0 saturated carbocycles. The summed E-state index contributed by atoms with van der Waals surface area (Å²) in [6.07, 6.45) is 0.847. The van der Waals surface area contributed by atoms with Crippen LogP contribution in [0.25, 0.3) is 11.4 Å². The van der Waals surface area contributed by atoms with E-state index in [0.29, 0.717) is 17.6 Å². The Hall–Kier alpha value is -1.97. The molecule has 0 fully saturated rings. The maximum Gasteiger partial charge on any atom is 0.162 e. The van der Waals surface area contributed by atoms with Crippen LogP contribution in [0.5, 0.6) is 0 Å². The fourth-order valence-corrected chi connectivity index (χ4v) is 2.04. The molecule has 0 radical (unpaired) electrons. The van der Waals surface area contributed by atoms with Gasteiger partial charge >= 0.3 is 0 Å². The molecule has 0 saturated heterocycles. The minimum absolute atomic E-state index is 0.257. The Balaban J connectivity index is 2.46. The molecule has 2 aromatic rings. The molecule has 0 unspecified atom stereocenters. The van der Waals surface area contributed by atoms with E-state index >= 15 is 0 Å². The molecule has 0 aliphatic carbocycles. The molecule has 2 rings (SSSR count). The summed E-state index contributed by atoms with van der Waals surface area (Å²) in [5, 5.41) is 0. The van der Waals surface area contributed by atoms with Gasteiger partial charge in [-0.1, -0.05) is 13.8 Å². The number of aromatic nitrogens is 2. The average molecular weight is 259 g/mol. The van der Waals surface area contributed by atoms with Crippen LogP contribution in [0.3, 0.4) is 0 Å². The number of halogens is 1. The van der Waals surface area contributed by atoms with Gasteiger partial charge in [-0.3, -0.25) is 0 Å². The van der Waals surface area contributed by atoms with E-state index in [0.717, 1.165) is 23.2 Å². The lowest BCUT2D eigenvalue weighted by Crippen LogP contribution is -2.04. The molecule has 0 aliphatic heterocycles. The van der Waals surface area contributed by atoms with Crippen molar-refractivity contribution >= 4 is 5.82 Å². The predicted octanol–water partition coefficient (Wildman–Crippen LogP) is 3.37. The summed E-state index contributed by atoms with van der Waals surface area (Å²) < 4.78 is 13.1. The predicted molar refractivity (Wildman–Crippen MR) is 75.1 cm³/mol. The number of nitrogen functional groups attached to an aromatic ring is 1. The van der Waals surface area contributed by atoms with Gasteiger partial charge in [0, 0.05) is 17.3 Å². The third-order valence-corrected chi connectivity index (χ3v) is 2.85. The Morgan fingerprint density at radius 3 is 2.58 bits per heavy atom. The quantitative estimate of drug-likeness (QED) is 0.919. The maximum atomic E-state index is 13.1. The second-order valence-electron chi connectivity index (χ2n) is 5.16. The van der Waals surface area contributed by atoms with Crippen LogP contribution < -0.4 is 5.73 Å². The van der Waals surface area contributed by atoms with E-state index in [2.05, 4.69) is 23.8 Å². The molecule has 0 bridgehead atoms. The van der Waals surface area contributed by atoms with Crippen LogP contribution in [-0.4, -0.2) is 9.97 Å². The van der Waals surface area contributed by atoms with E-state index in [1.807, 2.05) is 6.92 Å². The Labute approximate surface area is 112 Å². The normalized spacial score (nSPS) is 11.0. The van der Waals surface area contributed by atoms with Gasteiger partial charge in [0.15, 0.2) is 5.82 Å². The second-order valence-corrected chi connectivity index (χ2v) is 5.16. The van der Waals surface area contributed by atoms with Crippen molar-refractivity contribution in [2.24, 2.45) is 5.92 Å². The van der Waals surface area contributed by atoms with Gasteiger partial charge in [0.05, 0.1) is 0 Å². The topological polar surface area (TPSA) is 51.8 Å². The van der Waals surface area contributed by atoms with Gasteiger partial charge in [-0.05, 0) is 43.0 Å². The van der Waals surface area contributed by atoms with E-state index in [-0.39, 0.29) is 5.82 Å². The zero-order chi connectivity index (χ0) is 14.0. The first-order valence-electron chi connectivity index (χ1n) is 6.35. The van der Waals surface area contributed by atoms with E-state index in [1.165, 1.54) is 12.1 Å². The summed E-state index contributed by atoms with van der Waals surface area (Å²) in [7, 11) is 0. The van der Waals surface area contributed by atoms with E-state index in [4.69, 9.17) is 5.73 Å². The molecule has 0 spiro atoms. The first-order valence-corrected chi connectivity index (χ1v) is 6.35. The van der Waals surface area contributed by atoms with Crippen LogP contribution in [0.2, 0.25) is 0 Å². The molecule has 0 atom stereocenters. The van der Waals surface area contributed by atoms with Crippen molar-refractivity contribution in [2.75, 3.05) is 5.73 Å². The summed E-state index contributed by atoms with van der Waals surface area (Å²) in [6, 6.07) is 6.38. The lowest BCUT2D eigenvalue weighted by Gasteiger charge is -2.09. The molecule has 1 heterocycles. The Bertz CT molecular complexity index is 594. The minimum Gasteiger partial charge on any atom is -0.384 e. The molecule has 2 N–H and O–H groups in total. The monoisotopic (exact) mass is 259 g/mol. The molecule has 19 heavy (non-hydrogen) atoms. The van der Waals surface area contributed by atoms with E-state index < -0.39 is 0 Å². The van der Waals surface area contributed by atoms with E-state index in [1.54, 1.807) is 12.1 Å². The number of aryl methyl sites for hydroxylation is 1. The zero-order valence-corrected chi connectivity index (χ0v) is 11.4. The first kappa shape index (κ1) is 13.5. The maximum absolute atomic E-state index is 13.1. The number of nitrogens with two attached hydrogens (primary N) is 1. The summed E-state index contributed by atoms with van der Waals surface area (Å²) in [6.45, 7) is 6.09. The standard InChI is InChI=1S/C15H18FN3/c1-9(2)6-12-8-14(17)19-15(18-12)13-5-4-11(16)7-10(13)3/h4-5,7-9H,6H2,1-3H3,(H2,17,18,19). The average Bonchev–Trinajstić information content (AvgIpc) is 2.26. The largest absolute Gasteiger partial charge is 0.384 e. The second kappa shape index (κ2) is 5.34. The van der Waals surface area contributed by atoms with Crippen LogP contribution in [-0.2, 0) is 6.42 Å². The van der Waals surface area contributed by atoms with Crippen molar-refractivity contribution < 1.29 is 4.39 Å². The van der Waals surface area contributed by atoms with Crippen molar-refractivity contribution in [2.45, 2.75) is 27.2 Å². The lowest BCUT2D eigenvalue weighted by atomic mass is 10.1. The Kier molecular flexibility index (Phi) is 3.79. The fraction of sp³-hybridized carbons (Fsp3) is 0.333. The van der Waals surface area contributed by atoms with Gasteiger partial charge in [-0.15, -0.1) is 0 Å². The number of hydrogen-bond donors (Lipinski definition) is 1. The third-order valence-electron chi connectivity index (χ3n) is 2.85. The van der Waals surface area contributed by atoms with Crippen LogP contribution in [0.15, 0.2) is 24.3 Å². The zero-order valence-electron chi connectivity index (χ0n) is 11.4. The number of benzene rings is 1. The van der Waals surface area contributed by atoms with Gasteiger partial charge in [-0.25, -0.2) is 14.4 Å². The highest BCUT2D eigenvalue weighted by Gasteiger charge is 2.09. The lowest BCUT2D eigenvalue weighted by molar-refractivity contribution is 0.626. The fourth-order valence-electron chi connectivity index (χ4n) is 2.04. The SMILES string of the molecule is Cc1cc(F)ccc1-c1nc(N)cc(CC(C)C)n1. The molecule has 4 heteroatoms. The Morgan fingerprint density at radius 2 is 1.95 bits per heavy atom. The molecule has 0 aliphatic rings. The molecular formula is C15H18FN3. The highest BCUT2D eigenvalue weighted by molar-refractivity contribution is 5.61. The van der Waals surface area contributed by atoms with Gasteiger partial charge in [-0.2, -0.15) is 0 Å². The molecule has 0 amide bonds. The van der Waals surface area contributed by atoms with Gasteiger partial charge in [0.1, 0.15) is 11.6 Å². The van der Waals surface area contributed by atoms with Gasteiger partial charge in [0.25, 0.3) is 0 Å². The number of rotatable bonds is 3. The third kappa shape index (κ3) is 3.28. The van der Waals surface area contributed by atoms with Crippen LogP contribution in [0.4, 0.5) is 10.2 Å². The molecule has 3 nitrogen and oxygen atoms in total. The van der Waals surface area contributed by atoms with Crippen molar-refractivity contribution in [3.63, 3.8) is 0 Å². The summed E-state index contributed by atoms with van der Waals surface area (Å²) in [5.74, 6) is 1.25. The Morgan fingerprint density at radius 1 is 1.21 bits per heavy atom. The van der Waals surface area contributed by atoms with Crippen molar-refractivity contribution in [1.82, 2.24) is 9.97 Å². The van der Waals surface area contributed by atoms with E-state index in [9.17, 15) is 4.39 Å². The molecule has 1 aromatic carbocycles. The van der Waals surface area contributed by atoms with Crippen LogP contribution in [0, 0.1) is 18.7 Å². The van der Waals surface area contributed by atoms with Crippen LogP contribution in [0.1, 0.15) is 25.1 Å². The highest BCUT2D eigenvalue weighted by atomic mass is 19.1. The summed E-state index contributed by atoms with van der Waals surface area (Å²) in [4.78, 5) is 8.77. The number of anilines is 1. The van der Waals surface area contributed by atoms with Crippen molar-refractivity contribution in [3.05, 3.63) is 41.3 Å². The molecular weight excluding hydrogens is 241 g/mol. The molecule has 1 aromatic heterocycles. The smallest absolute Gasteiger partial charge is 0.162 e. The molecule has 100 valence electrons. The number of nitrogens with zero attached hydrogens (tertiary/aromatic N) is 2. The van der Waals surface area contributed by atoms with Gasteiger partial charge < -0.3 is 5.73 Å². The summed E-state index contributed by atoms with van der Waals surface area (Å²) in [5.41, 5.74) is 8.37. The number of hydrogen-bond acceptors (Lipinski definition) is 3. The van der Waals surface area contributed by atoms with Crippen molar-refractivity contribution in [1.29, 1.82) is 0 Å². The van der Waals surface area contributed by atoms with Crippen LogP contribution >= 0.6 is 0 Å². The minimum atomic E-state index is -0.257. The van der Waals surface area contributed by atoms with Crippen molar-refractivity contribution in [3.8, 4) is 11.4 Å².